The number of carboxylic acids is 1. The van der Waals surface area contributed by atoms with Crippen molar-refractivity contribution in [2.24, 2.45) is 0 Å². The monoisotopic (exact) mass is 297 g/mol. The zero-order chi connectivity index (χ0) is 14.7. The summed E-state index contributed by atoms with van der Waals surface area (Å²) in [6.45, 7) is 1.25. The van der Waals surface area contributed by atoms with E-state index in [1.807, 2.05) is 0 Å². The minimum Gasteiger partial charge on any atom is -0.480 e. The number of nitrogens with one attached hydrogen (secondary N) is 2. The predicted octanol–water partition coefficient (Wildman–Crippen LogP) is -0.901. The molecule has 10 heteroatoms. The van der Waals surface area contributed by atoms with Crippen LogP contribution in [0.1, 0.15) is 6.92 Å². The van der Waals surface area contributed by atoms with Crippen LogP contribution in [0.15, 0.2) is 22.2 Å². The summed E-state index contributed by atoms with van der Waals surface area (Å²) >= 11 is 1.15. The van der Waals surface area contributed by atoms with Gasteiger partial charge in [0.1, 0.15) is 17.4 Å². The summed E-state index contributed by atoms with van der Waals surface area (Å²) in [5.74, 6) is -1.42. The van der Waals surface area contributed by atoms with Crippen LogP contribution in [0.25, 0.3) is 5.65 Å². The molecule has 1 atom stereocenters. The average molecular weight is 297 g/mol. The van der Waals surface area contributed by atoms with E-state index in [9.17, 15) is 14.4 Å². The lowest BCUT2D eigenvalue weighted by molar-refractivity contribution is -0.140. The number of hydrogen-bond donors (Lipinski definition) is 3. The Morgan fingerprint density at radius 1 is 1.60 bits per heavy atom. The third kappa shape index (κ3) is 3.15. The molecule has 1 amide bonds. The van der Waals surface area contributed by atoms with Gasteiger partial charge in [-0.3, -0.25) is 4.79 Å². The normalized spacial score (nSPS) is 12.2. The number of carbonyl (C=O) groups is 2. The quantitative estimate of drug-likeness (QED) is 0.481. The minimum atomic E-state index is -1.12. The molecule has 0 bridgehead atoms. The molecular weight excluding hydrogens is 286 g/mol. The summed E-state index contributed by atoms with van der Waals surface area (Å²) in [6, 6.07) is 0.548. The maximum Gasteiger partial charge on any atom is 0.348 e. The summed E-state index contributed by atoms with van der Waals surface area (Å²) < 4.78 is 1.23. The van der Waals surface area contributed by atoms with Crippen LogP contribution in [0.5, 0.6) is 0 Å². The van der Waals surface area contributed by atoms with Crippen molar-refractivity contribution in [3.05, 3.63) is 22.9 Å². The molecule has 0 radical (unpaired) electrons. The van der Waals surface area contributed by atoms with Crippen LogP contribution in [0.2, 0.25) is 0 Å². The zero-order valence-electron chi connectivity index (χ0n) is 10.4. The SMILES string of the molecule is CC(=O)N[C@@H](CSc1cc2n[nH]c(=O)n2cn1)C(=O)O. The summed E-state index contributed by atoms with van der Waals surface area (Å²) in [5.41, 5.74) is -0.00962. The number of amides is 1. The molecule has 2 aromatic rings. The van der Waals surface area contributed by atoms with Crippen LogP contribution < -0.4 is 11.0 Å². The van der Waals surface area contributed by atoms with Crippen molar-refractivity contribution in [1.82, 2.24) is 24.9 Å². The molecular formula is C10H11N5O4S. The Morgan fingerprint density at radius 3 is 3.00 bits per heavy atom. The van der Waals surface area contributed by atoms with E-state index in [4.69, 9.17) is 5.11 Å². The molecule has 0 aliphatic carbocycles. The Kier molecular flexibility index (Phi) is 4.03. The van der Waals surface area contributed by atoms with Crippen molar-refractivity contribution in [2.45, 2.75) is 18.0 Å². The van der Waals surface area contributed by atoms with Crippen LogP contribution >= 0.6 is 11.8 Å². The number of rotatable bonds is 5. The Hall–Kier alpha value is -2.36. The molecule has 2 aromatic heterocycles. The molecule has 3 N–H and O–H groups in total. The number of aromatic amines is 1. The van der Waals surface area contributed by atoms with E-state index < -0.39 is 23.6 Å². The molecule has 9 nitrogen and oxygen atoms in total. The van der Waals surface area contributed by atoms with E-state index in [1.165, 1.54) is 17.7 Å². The molecule has 0 unspecified atom stereocenters. The van der Waals surface area contributed by atoms with E-state index >= 15 is 0 Å². The Labute approximate surface area is 116 Å². The second kappa shape index (κ2) is 5.74. The van der Waals surface area contributed by atoms with Gasteiger partial charge >= 0.3 is 11.7 Å². The van der Waals surface area contributed by atoms with Gasteiger partial charge in [-0.05, 0) is 0 Å². The lowest BCUT2D eigenvalue weighted by Crippen LogP contribution is -2.41. The first-order chi connectivity index (χ1) is 9.47. The maximum absolute atomic E-state index is 11.2. The van der Waals surface area contributed by atoms with E-state index in [2.05, 4.69) is 20.5 Å². The molecule has 0 spiro atoms. The van der Waals surface area contributed by atoms with Crippen LogP contribution in [-0.2, 0) is 9.59 Å². The zero-order valence-corrected chi connectivity index (χ0v) is 11.2. The summed E-state index contributed by atoms with van der Waals surface area (Å²) in [5, 5.41) is 17.8. The molecule has 0 aromatic carbocycles. The van der Waals surface area contributed by atoms with Gasteiger partial charge in [0, 0.05) is 18.7 Å². The van der Waals surface area contributed by atoms with Gasteiger partial charge in [-0.15, -0.1) is 11.8 Å². The van der Waals surface area contributed by atoms with Gasteiger partial charge < -0.3 is 10.4 Å². The van der Waals surface area contributed by atoms with Crippen molar-refractivity contribution < 1.29 is 14.7 Å². The van der Waals surface area contributed by atoms with E-state index in [1.54, 1.807) is 6.07 Å². The summed E-state index contributed by atoms with van der Waals surface area (Å²) in [4.78, 5) is 37.1. The highest BCUT2D eigenvalue weighted by atomic mass is 32.2. The average Bonchev–Trinajstić information content (AvgIpc) is 2.75. The smallest absolute Gasteiger partial charge is 0.348 e. The summed E-state index contributed by atoms with van der Waals surface area (Å²) in [7, 11) is 0. The fourth-order valence-corrected chi connectivity index (χ4v) is 2.33. The predicted molar refractivity (Wildman–Crippen MR) is 69.6 cm³/mol. The van der Waals surface area contributed by atoms with Crippen molar-refractivity contribution in [3.8, 4) is 0 Å². The first-order valence-electron chi connectivity index (χ1n) is 5.53. The standard InChI is InChI=1S/C10H11N5O4S/c1-5(16)12-6(9(17)18)3-20-8-2-7-13-14-10(19)15(7)4-11-8/h2,4,6H,3H2,1H3,(H,12,16)(H,14,19)(H,17,18)/t6-/m0/s1. The van der Waals surface area contributed by atoms with Gasteiger partial charge in [0.25, 0.3) is 0 Å². The number of carboxylic acid groups (broad SMARTS) is 1. The van der Waals surface area contributed by atoms with Crippen molar-refractivity contribution >= 4 is 29.3 Å². The molecule has 2 heterocycles. The topological polar surface area (TPSA) is 129 Å². The first kappa shape index (κ1) is 14.1. The van der Waals surface area contributed by atoms with Crippen molar-refractivity contribution in [2.75, 3.05) is 5.75 Å². The molecule has 0 aliphatic rings. The van der Waals surface area contributed by atoms with Crippen LogP contribution in [0, 0.1) is 0 Å². The van der Waals surface area contributed by atoms with E-state index in [0.717, 1.165) is 11.8 Å². The summed E-state index contributed by atoms with van der Waals surface area (Å²) in [6.07, 6.45) is 1.30. The molecule has 0 saturated carbocycles. The lowest BCUT2D eigenvalue weighted by Gasteiger charge is -2.12. The molecule has 0 saturated heterocycles. The minimum absolute atomic E-state index is 0.118. The number of H-pyrrole nitrogens is 1. The molecule has 0 aliphatic heterocycles. The van der Waals surface area contributed by atoms with Gasteiger partial charge in [0.2, 0.25) is 5.91 Å². The second-order valence-corrected chi connectivity index (χ2v) is 4.93. The maximum atomic E-state index is 11.2. The van der Waals surface area contributed by atoms with Gasteiger partial charge in [-0.25, -0.2) is 24.1 Å². The fraction of sp³-hybridized carbons (Fsp3) is 0.300. The van der Waals surface area contributed by atoms with Gasteiger partial charge in [0.15, 0.2) is 5.65 Å². The molecule has 0 fully saturated rings. The van der Waals surface area contributed by atoms with Crippen LogP contribution in [0.3, 0.4) is 0 Å². The van der Waals surface area contributed by atoms with Crippen molar-refractivity contribution in [1.29, 1.82) is 0 Å². The first-order valence-corrected chi connectivity index (χ1v) is 6.51. The number of aliphatic carboxylic acids is 1. The Balaban J connectivity index is 2.09. The van der Waals surface area contributed by atoms with Crippen LogP contribution in [0.4, 0.5) is 0 Å². The third-order valence-electron chi connectivity index (χ3n) is 2.36. The van der Waals surface area contributed by atoms with Gasteiger partial charge in [0.05, 0.1) is 0 Å². The molecule has 106 valence electrons. The number of thioether (sulfide) groups is 1. The van der Waals surface area contributed by atoms with E-state index in [-0.39, 0.29) is 5.75 Å². The largest absolute Gasteiger partial charge is 0.480 e. The third-order valence-corrected chi connectivity index (χ3v) is 3.38. The number of fused-ring (bicyclic) bond motifs is 1. The Bertz CT molecular complexity index is 709. The van der Waals surface area contributed by atoms with Crippen LogP contribution in [-0.4, -0.2) is 48.4 Å². The highest BCUT2D eigenvalue weighted by Gasteiger charge is 2.19. The number of carbonyl (C=O) groups excluding carboxylic acids is 1. The lowest BCUT2D eigenvalue weighted by atomic mass is 10.3. The van der Waals surface area contributed by atoms with Gasteiger partial charge in [-0.1, -0.05) is 0 Å². The van der Waals surface area contributed by atoms with Crippen molar-refractivity contribution in [3.63, 3.8) is 0 Å². The molecule has 20 heavy (non-hydrogen) atoms. The highest BCUT2D eigenvalue weighted by molar-refractivity contribution is 7.99. The number of hydrogen-bond acceptors (Lipinski definition) is 6. The molecule has 2 rings (SSSR count). The van der Waals surface area contributed by atoms with E-state index in [0.29, 0.717) is 10.7 Å². The second-order valence-electron chi connectivity index (χ2n) is 3.89. The Morgan fingerprint density at radius 2 is 2.35 bits per heavy atom. The number of nitrogens with zero attached hydrogens (tertiary/aromatic N) is 3. The highest BCUT2D eigenvalue weighted by Crippen LogP contribution is 2.16. The number of aromatic nitrogens is 4. The van der Waals surface area contributed by atoms with Gasteiger partial charge in [-0.2, -0.15) is 5.10 Å². The fourth-order valence-electron chi connectivity index (χ4n) is 1.46.